The van der Waals surface area contributed by atoms with Gasteiger partial charge in [0.15, 0.2) is 0 Å². The number of nitrogens with two attached hydrogens (primary N) is 1. The SMILES string of the molecule is [B]C(C)(C)CC(C)(C)C(O)C(C)(C)CC(C)(C)N1CCC(CNC(=O)c2cc(Cl)c(N)cc2OC)CC1. The number of amides is 1. The highest BCUT2D eigenvalue weighted by Gasteiger charge is 2.45. The number of rotatable bonds is 11. The first-order valence-electron chi connectivity index (χ1n) is 13.4. The van der Waals surface area contributed by atoms with Crippen LogP contribution in [0.15, 0.2) is 12.1 Å². The summed E-state index contributed by atoms with van der Waals surface area (Å²) in [6.07, 6.45) is 3.14. The van der Waals surface area contributed by atoms with Crippen LogP contribution in [0.1, 0.15) is 91.4 Å². The van der Waals surface area contributed by atoms with E-state index in [9.17, 15) is 9.90 Å². The van der Waals surface area contributed by atoms with Crippen molar-refractivity contribution in [3.63, 3.8) is 0 Å². The van der Waals surface area contributed by atoms with Gasteiger partial charge in [-0.25, -0.2) is 0 Å². The Morgan fingerprint density at radius 1 is 1.14 bits per heavy atom. The lowest BCUT2D eigenvalue weighted by Gasteiger charge is -2.50. The highest BCUT2D eigenvalue weighted by Crippen LogP contribution is 2.47. The third-order valence-electron chi connectivity index (χ3n) is 7.87. The van der Waals surface area contributed by atoms with Crippen LogP contribution in [0.3, 0.4) is 0 Å². The molecule has 37 heavy (non-hydrogen) atoms. The summed E-state index contributed by atoms with van der Waals surface area (Å²) >= 11 is 6.13. The number of aliphatic hydroxyl groups excluding tert-OH is 1. The maximum absolute atomic E-state index is 12.8. The van der Waals surface area contributed by atoms with Crippen LogP contribution >= 0.6 is 11.6 Å². The number of aliphatic hydroxyl groups is 1. The van der Waals surface area contributed by atoms with Gasteiger partial charge < -0.3 is 20.9 Å². The van der Waals surface area contributed by atoms with Crippen LogP contribution in [-0.2, 0) is 0 Å². The van der Waals surface area contributed by atoms with Crippen LogP contribution in [0.5, 0.6) is 5.75 Å². The summed E-state index contributed by atoms with van der Waals surface area (Å²) in [6.45, 7) is 19.7. The van der Waals surface area contributed by atoms with Crippen LogP contribution in [-0.4, -0.2) is 62.1 Å². The molecule has 1 heterocycles. The quantitative estimate of drug-likeness (QED) is 0.250. The van der Waals surface area contributed by atoms with Crippen LogP contribution < -0.4 is 15.8 Å². The van der Waals surface area contributed by atoms with Crippen LogP contribution in [0.2, 0.25) is 10.3 Å². The highest BCUT2D eigenvalue weighted by molar-refractivity contribution is 6.33. The number of methoxy groups -OCH3 is 1. The smallest absolute Gasteiger partial charge is 0.255 e. The molecule has 0 bridgehead atoms. The number of anilines is 1. The van der Waals surface area contributed by atoms with Gasteiger partial charge in [0.05, 0.1) is 37.3 Å². The van der Waals surface area contributed by atoms with E-state index in [1.165, 1.54) is 7.11 Å². The lowest BCUT2D eigenvalue weighted by molar-refractivity contribution is -0.0759. The van der Waals surface area contributed by atoms with E-state index in [1.54, 1.807) is 12.1 Å². The second-order valence-electron chi connectivity index (χ2n) is 13.7. The number of carbonyl (C=O) groups excluding carboxylic acids is 1. The molecule has 1 amide bonds. The van der Waals surface area contributed by atoms with Crippen molar-refractivity contribution in [3.8, 4) is 5.75 Å². The lowest BCUT2D eigenvalue weighted by Crippen LogP contribution is -2.54. The molecular weight excluding hydrogens is 485 g/mol. The van der Waals surface area contributed by atoms with Gasteiger partial charge in [-0.05, 0) is 75.4 Å². The van der Waals surface area contributed by atoms with Crippen molar-refractivity contribution in [2.45, 2.75) is 98.0 Å². The van der Waals surface area contributed by atoms with Crippen molar-refractivity contribution in [1.82, 2.24) is 10.2 Å². The molecular formula is C29H49BClN3O3. The topological polar surface area (TPSA) is 87.8 Å². The second-order valence-corrected chi connectivity index (χ2v) is 14.2. The van der Waals surface area contributed by atoms with E-state index < -0.39 is 6.10 Å². The van der Waals surface area contributed by atoms with E-state index in [2.05, 4.69) is 51.8 Å². The van der Waals surface area contributed by atoms with Crippen molar-refractivity contribution in [2.24, 2.45) is 16.7 Å². The largest absolute Gasteiger partial charge is 0.496 e. The number of nitrogen functional groups attached to an aromatic ring is 1. The Hall–Kier alpha value is -1.44. The van der Waals surface area contributed by atoms with Gasteiger partial charge in [-0.1, -0.05) is 58.5 Å². The Balaban J connectivity index is 1.94. The predicted molar refractivity (Wildman–Crippen MR) is 156 cm³/mol. The molecule has 1 atom stereocenters. The van der Waals surface area contributed by atoms with Gasteiger partial charge in [-0.15, -0.1) is 0 Å². The van der Waals surface area contributed by atoms with E-state index in [4.69, 9.17) is 29.9 Å². The maximum Gasteiger partial charge on any atom is 0.255 e. The molecule has 4 N–H and O–H groups in total. The molecule has 2 rings (SSSR count). The Morgan fingerprint density at radius 2 is 1.68 bits per heavy atom. The highest BCUT2D eigenvalue weighted by atomic mass is 35.5. The average Bonchev–Trinajstić information content (AvgIpc) is 2.76. The number of hydrogen-bond donors (Lipinski definition) is 3. The fourth-order valence-electron chi connectivity index (χ4n) is 6.64. The Morgan fingerprint density at radius 3 is 2.19 bits per heavy atom. The normalized spacial score (nSPS) is 17.5. The fourth-order valence-corrected chi connectivity index (χ4v) is 6.81. The summed E-state index contributed by atoms with van der Waals surface area (Å²) in [5.74, 6) is 0.607. The molecule has 1 aliphatic heterocycles. The first kappa shape index (κ1) is 31.8. The summed E-state index contributed by atoms with van der Waals surface area (Å²) in [4.78, 5) is 15.3. The Bertz CT molecular complexity index is 935. The van der Waals surface area contributed by atoms with E-state index in [1.807, 2.05) is 13.8 Å². The molecule has 6 nitrogen and oxygen atoms in total. The third-order valence-corrected chi connectivity index (χ3v) is 8.19. The fraction of sp³-hybridized carbons (Fsp3) is 0.759. The van der Waals surface area contributed by atoms with Gasteiger partial charge in [-0.3, -0.25) is 9.69 Å². The summed E-state index contributed by atoms with van der Waals surface area (Å²) in [6, 6.07) is 3.14. The summed E-state index contributed by atoms with van der Waals surface area (Å²) in [7, 11) is 7.81. The molecule has 1 unspecified atom stereocenters. The zero-order valence-corrected chi connectivity index (χ0v) is 25.3. The minimum atomic E-state index is -0.478. The summed E-state index contributed by atoms with van der Waals surface area (Å²) < 4.78 is 5.32. The Labute approximate surface area is 231 Å². The number of piperidine rings is 1. The van der Waals surface area contributed by atoms with Gasteiger partial charge >= 0.3 is 0 Å². The molecule has 208 valence electrons. The van der Waals surface area contributed by atoms with Gasteiger partial charge in [0, 0.05) is 18.2 Å². The van der Waals surface area contributed by atoms with Crippen LogP contribution in [0.4, 0.5) is 5.69 Å². The van der Waals surface area contributed by atoms with Crippen molar-refractivity contribution in [3.05, 3.63) is 22.7 Å². The molecule has 0 saturated carbocycles. The number of likely N-dealkylation sites (tertiary alicyclic amines) is 1. The number of hydrogen-bond acceptors (Lipinski definition) is 5. The first-order valence-corrected chi connectivity index (χ1v) is 13.8. The number of ether oxygens (including phenoxy) is 1. The van der Waals surface area contributed by atoms with Crippen molar-refractivity contribution < 1.29 is 14.6 Å². The number of benzene rings is 1. The predicted octanol–water partition coefficient (Wildman–Crippen LogP) is 5.71. The second kappa shape index (κ2) is 11.8. The molecule has 8 heteroatoms. The van der Waals surface area contributed by atoms with Gasteiger partial charge in [0.1, 0.15) is 5.75 Å². The van der Waals surface area contributed by atoms with Gasteiger partial charge in [0.2, 0.25) is 0 Å². The van der Waals surface area contributed by atoms with E-state index in [0.717, 1.165) is 38.8 Å². The molecule has 1 saturated heterocycles. The molecule has 0 aromatic heterocycles. The van der Waals surface area contributed by atoms with E-state index in [0.29, 0.717) is 34.5 Å². The van der Waals surface area contributed by atoms with Crippen LogP contribution in [0, 0.1) is 16.7 Å². The van der Waals surface area contributed by atoms with Crippen molar-refractivity contribution in [1.29, 1.82) is 0 Å². The van der Waals surface area contributed by atoms with Crippen molar-refractivity contribution >= 4 is 31.0 Å². The molecule has 1 aliphatic rings. The molecule has 1 aromatic rings. The van der Waals surface area contributed by atoms with Crippen molar-refractivity contribution in [2.75, 3.05) is 32.5 Å². The van der Waals surface area contributed by atoms with E-state index in [-0.39, 0.29) is 27.6 Å². The van der Waals surface area contributed by atoms with Gasteiger partial charge in [-0.2, -0.15) is 0 Å². The minimum Gasteiger partial charge on any atom is -0.496 e. The maximum atomic E-state index is 12.8. The Kier molecular flexibility index (Phi) is 10.1. The zero-order valence-electron chi connectivity index (χ0n) is 24.5. The molecule has 1 aromatic carbocycles. The molecule has 0 aliphatic carbocycles. The third kappa shape index (κ3) is 8.53. The minimum absolute atomic E-state index is 0.0684. The zero-order chi connectivity index (χ0) is 28.4. The average molecular weight is 534 g/mol. The monoisotopic (exact) mass is 533 g/mol. The number of nitrogens with zero attached hydrogens (tertiary/aromatic N) is 1. The first-order chi connectivity index (χ1) is 16.8. The van der Waals surface area contributed by atoms with E-state index >= 15 is 0 Å². The molecule has 1 fully saturated rings. The molecule has 0 spiro atoms. The summed E-state index contributed by atoms with van der Waals surface area (Å²) in [5, 5.41) is 14.5. The standard InChI is InChI=1S/C29H49BClN3O3/c1-26(2,17-28(5,6)30)25(36)27(3,4)18-29(7,8)34-12-10-19(11-13-34)16-33-24(35)20-14-21(31)22(32)15-23(20)37-9/h14-15,19,25,36H,10-13,16-18,32H2,1-9H3,(H,33,35). The number of carbonyl (C=O) groups is 1. The lowest BCUT2D eigenvalue weighted by atomic mass is 9.58. The number of halogens is 1. The summed E-state index contributed by atoms with van der Waals surface area (Å²) in [5.41, 5.74) is 5.97. The molecule has 2 radical (unpaired) electrons. The van der Waals surface area contributed by atoms with Crippen LogP contribution in [0.25, 0.3) is 0 Å². The van der Waals surface area contributed by atoms with Gasteiger partial charge in [0.25, 0.3) is 5.91 Å². The number of nitrogens with one attached hydrogen (secondary N) is 1.